The number of unbranched alkanes of at least 4 members (excludes halogenated alkanes) is 24. The molecule has 2 atom stereocenters. The van der Waals surface area contributed by atoms with Crippen molar-refractivity contribution >= 4 is 32.4 Å². The molecule has 2 unspecified atom stereocenters. The fourth-order valence-electron chi connectivity index (χ4n) is 6.23. The molecule has 2 amide bonds. The first-order chi connectivity index (χ1) is 25.4. The van der Waals surface area contributed by atoms with Crippen LogP contribution in [0.5, 0.6) is 0 Å². The molecule has 10 nitrogen and oxygen atoms in total. The lowest BCUT2D eigenvalue weighted by Gasteiger charge is -2.26. The van der Waals surface area contributed by atoms with Crippen molar-refractivity contribution in [3.8, 4) is 0 Å². The maximum Gasteiger partial charge on any atom is 0.306 e. The van der Waals surface area contributed by atoms with E-state index in [9.17, 15) is 24.1 Å². The normalized spacial score (nSPS) is 13.9. The first-order valence-corrected chi connectivity index (χ1v) is 22.1. The van der Waals surface area contributed by atoms with Gasteiger partial charge in [-0.2, -0.15) is 0 Å². The lowest BCUT2D eigenvalue weighted by molar-refractivity contribution is -0.208. The second kappa shape index (κ2) is 34.9. The minimum absolute atomic E-state index is 0.0660. The summed E-state index contributed by atoms with van der Waals surface area (Å²) in [7, 11) is -2.62. The van der Waals surface area contributed by atoms with Crippen molar-refractivity contribution in [3.05, 3.63) is 12.2 Å². The Hall–Kier alpha value is -1.87. The maximum atomic E-state index is 12.6. The largest absolute Gasteiger partial charge is 0.786 e. The topological polar surface area (TPSA) is 132 Å². The average molecular weight is 755 g/mol. The van der Waals surface area contributed by atoms with Crippen LogP contribution in [-0.2, 0) is 37.7 Å². The summed E-state index contributed by atoms with van der Waals surface area (Å²) >= 11 is 0. The second-order valence-electron chi connectivity index (χ2n) is 14.3. The van der Waals surface area contributed by atoms with Crippen LogP contribution < -0.4 is 4.89 Å². The van der Waals surface area contributed by atoms with Gasteiger partial charge in [-0.25, -0.2) is 0 Å². The molecular formula is C41H73NO9P-. The molecule has 0 aromatic heterocycles. The van der Waals surface area contributed by atoms with Gasteiger partial charge in [-0.1, -0.05) is 168 Å². The SMILES string of the molecule is CCCCCCCCCCCCCCCC(=O)OCC(COP([O-])OCCN1C(=O)C=CC1=O)OC(=O)CCCCCCCCCCCCCCC. The van der Waals surface area contributed by atoms with Crippen LogP contribution in [0.1, 0.15) is 194 Å². The number of rotatable bonds is 38. The van der Waals surface area contributed by atoms with Gasteiger partial charge in [0.05, 0.1) is 28.4 Å². The average Bonchev–Trinajstić information content (AvgIpc) is 3.45. The van der Waals surface area contributed by atoms with Crippen LogP contribution >= 0.6 is 8.60 Å². The third-order valence-electron chi connectivity index (χ3n) is 9.48. The van der Waals surface area contributed by atoms with Gasteiger partial charge in [0.15, 0.2) is 6.10 Å². The van der Waals surface area contributed by atoms with Crippen LogP contribution in [0.4, 0.5) is 0 Å². The zero-order valence-electron chi connectivity index (χ0n) is 32.9. The Balaban J connectivity index is 2.29. The number of imide groups is 1. The van der Waals surface area contributed by atoms with Crippen LogP contribution in [-0.4, -0.2) is 61.1 Å². The summed E-state index contributed by atoms with van der Waals surface area (Å²) in [5, 5.41) is 0. The highest BCUT2D eigenvalue weighted by Crippen LogP contribution is 2.28. The molecule has 0 aromatic carbocycles. The molecule has 0 aromatic rings. The van der Waals surface area contributed by atoms with Crippen molar-refractivity contribution in [1.82, 2.24) is 4.90 Å². The van der Waals surface area contributed by atoms with Crippen LogP contribution in [0.2, 0.25) is 0 Å². The summed E-state index contributed by atoms with van der Waals surface area (Å²) in [5.74, 6) is -1.70. The molecule has 52 heavy (non-hydrogen) atoms. The standard InChI is InChI=1S/C41H73NO9P/c1-3-5-7-9-11-13-15-17-19-21-23-25-27-29-40(45)48-35-37(36-50-52(47)49-34-33-42-38(43)31-32-39(42)44)51-41(46)30-28-26-24-22-20-18-16-14-12-10-8-6-4-2/h31-32,37H,3-30,33-36H2,1-2H3/q-1. The van der Waals surface area contributed by atoms with E-state index in [4.69, 9.17) is 18.5 Å². The fourth-order valence-corrected chi connectivity index (χ4v) is 6.83. The minimum Gasteiger partial charge on any atom is -0.786 e. The van der Waals surface area contributed by atoms with Crippen LogP contribution in [0.15, 0.2) is 12.2 Å². The number of carbonyl (C=O) groups excluding carboxylic acids is 4. The Bertz CT molecular complexity index is 929. The van der Waals surface area contributed by atoms with E-state index in [2.05, 4.69) is 13.8 Å². The van der Waals surface area contributed by atoms with Crippen molar-refractivity contribution in [3.63, 3.8) is 0 Å². The highest BCUT2D eigenvalue weighted by Gasteiger charge is 2.23. The maximum absolute atomic E-state index is 12.6. The van der Waals surface area contributed by atoms with E-state index >= 15 is 0 Å². The third-order valence-corrected chi connectivity index (χ3v) is 10.2. The highest BCUT2D eigenvalue weighted by molar-refractivity contribution is 7.39. The Morgan fingerprint density at radius 1 is 0.577 bits per heavy atom. The number of carbonyl (C=O) groups is 4. The number of hydrogen-bond acceptors (Lipinski definition) is 9. The van der Waals surface area contributed by atoms with E-state index in [-0.39, 0.29) is 38.8 Å². The summed E-state index contributed by atoms with van der Waals surface area (Å²) < 4.78 is 21.4. The molecule has 1 rings (SSSR count). The predicted molar refractivity (Wildman–Crippen MR) is 206 cm³/mol. The van der Waals surface area contributed by atoms with Gasteiger partial charge in [0, 0.05) is 25.0 Å². The van der Waals surface area contributed by atoms with Crippen LogP contribution in [0.3, 0.4) is 0 Å². The van der Waals surface area contributed by atoms with Crippen LogP contribution in [0, 0.1) is 0 Å². The summed E-state index contributed by atoms with van der Waals surface area (Å²) in [6, 6.07) is 0. The molecule has 0 saturated heterocycles. The van der Waals surface area contributed by atoms with Gasteiger partial charge in [0.25, 0.3) is 11.8 Å². The Morgan fingerprint density at radius 3 is 1.38 bits per heavy atom. The molecule has 0 spiro atoms. The van der Waals surface area contributed by atoms with Crippen molar-refractivity contribution in [1.29, 1.82) is 0 Å². The Morgan fingerprint density at radius 2 is 0.962 bits per heavy atom. The quantitative estimate of drug-likeness (QED) is 0.0262. The van der Waals surface area contributed by atoms with E-state index in [0.29, 0.717) is 12.8 Å². The third kappa shape index (κ3) is 28.6. The first-order valence-electron chi connectivity index (χ1n) is 21.0. The van der Waals surface area contributed by atoms with Gasteiger partial charge in [0.1, 0.15) is 6.61 Å². The Kier molecular flexibility index (Phi) is 32.3. The summed E-state index contributed by atoms with van der Waals surface area (Å²) in [6.45, 7) is 3.76. The summed E-state index contributed by atoms with van der Waals surface area (Å²) in [6.07, 6.45) is 33.5. The minimum atomic E-state index is -2.62. The number of esters is 2. The smallest absolute Gasteiger partial charge is 0.306 e. The summed E-state index contributed by atoms with van der Waals surface area (Å²) in [5.41, 5.74) is 0. The zero-order chi connectivity index (χ0) is 37.9. The second-order valence-corrected chi connectivity index (χ2v) is 15.3. The van der Waals surface area contributed by atoms with Crippen molar-refractivity contribution < 1.29 is 42.6 Å². The lowest BCUT2D eigenvalue weighted by atomic mass is 10.0. The Labute approximate surface area is 317 Å². The molecule has 0 radical (unpaired) electrons. The van der Waals surface area contributed by atoms with Crippen LogP contribution in [0.25, 0.3) is 0 Å². The number of amides is 2. The summed E-state index contributed by atoms with van der Waals surface area (Å²) in [4.78, 5) is 61.7. The molecule has 0 fully saturated rings. The molecule has 0 bridgehead atoms. The fraction of sp³-hybridized carbons (Fsp3) is 0.854. The van der Waals surface area contributed by atoms with E-state index in [0.717, 1.165) is 49.2 Å². The number of nitrogens with zero attached hydrogens (tertiary/aromatic N) is 1. The van der Waals surface area contributed by atoms with Crippen molar-refractivity contribution in [2.45, 2.75) is 200 Å². The van der Waals surface area contributed by atoms with Gasteiger partial charge >= 0.3 is 11.9 Å². The molecular weight excluding hydrogens is 681 g/mol. The zero-order valence-corrected chi connectivity index (χ0v) is 33.8. The monoisotopic (exact) mass is 755 g/mol. The lowest BCUT2D eigenvalue weighted by Crippen LogP contribution is -2.33. The van der Waals surface area contributed by atoms with Gasteiger partial charge in [-0.05, 0) is 12.8 Å². The predicted octanol–water partition coefficient (Wildman–Crippen LogP) is 9.95. The highest BCUT2D eigenvalue weighted by atomic mass is 31.2. The molecule has 302 valence electrons. The molecule has 0 aliphatic carbocycles. The molecule has 1 heterocycles. The molecule has 1 aliphatic heterocycles. The molecule has 1 aliphatic rings. The van der Waals surface area contributed by atoms with E-state index < -0.39 is 32.5 Å². The van der Waals surface area contributed by atoms with E-state index in [1.165, 1.54) is 128 Å². The van der Waals surface area contributed by atoms with Gasteiger partial charge in [-0.3, -0.25) is 24.1 Å². The first kappa shape index (κ1) is 48.1. The number of hydrogen-bond donors (Lipinski definition) is 0. The van der Waals surface area contributed by atoms with E-state index in [1.54, 1.807) is 0 Å². The number of ether oxygens (including phenoxy) is 2. The molecule has 11 heteroatoms. The molecule has 0 saturated carbocycles. The van der Waals surface area contributed by atoms with Crippen molar-refractivity contribution in [2.75, 3.05) is 26.4 Å². The van der Waals surface area contributed by atoms with Gasteiger partial charge < -0.3 is 23.4 Å². The molecule has 0 N–H and O–H groups in total. The van der Waals surface area contributed by atoms with Gasteiger partial charge in [-0.15, -0.1) is 0 Å². The van der Waals surface area contributed by atoms with E-state index in [1.807, 2.05) is 0 Å². The van der Waals surface area contributed by atoms with Crippen molar-refractivity contribution in [2.24, 2.45) is 0 Å². The van der Waals surface area contributed by atoms with Gasteiger partial charge in [0.2, 0.25) is 0 Å².